The Labute approximate surface area is 131 Å². The van der Waals surface area contributed by atoms with Crippen LogP contribution in [0.15, 0.2) is 0 Å². The summed E-state index contributed by atoms with van der Waals surface area (Å²) < 4.78 is 0. The van der Waals surface area contributed by atoms with Crippen LogP contribution in [0.4, 0.5) is 0 Å². The average Bonchev–Trinajstić information content (AvgIpc) is 2.42. The third-order valence-corrected chi connectivity index (χ3v) is 5.15. The van der Waals surface area contributed by atoms with Gasteiger partial charge in [0.1, 0.15) is 0 Å². The predicted octanol–water partition coefficient (Wildman–Crippen LogP) is 2.22. The molecule has 4 heteroatoms. The molecule has 0 aromatic carbocycles. The molecule has 0 atom stereocenters. The second-order valence-electron chi connectivity index (χ2n) is 8.07. The van der Waals surface area contributed by atoms with Crippen molar-refractivity contribution in [3.8, 4) is 0 Å². The molecule has 0 spiro atoms. The summed E-state index contributed by atoms with van der Waals surface area (Å²) in [5, 5.41) is 6.02. The van der Waals surface area contributed by atoms with E-state index in [4.69, 9.17) is 0 Å². The van der Waals surface area contributed by atoms with Crippen molar-refractivity contribution in [2.45, 2.75) is 77.4 Å². The Bertz CT molecular complexity index is 303. The lowest BCUT2D eigenvalue weighted by Gasteiger charge is -2.57. The van der Waals surface area contributed by atoms with Gasteiger partial charge < -0.3 is 5.32 Å². The van der Waals surface area contributed by atoms with Gasteiger partial charge in [0.15, 0.2) is 0 Å². The van der Waals surface area contributed by atoms with Crippen LogP contribution in [0.25, 0.3) is 0 Å². The van der Waals surface area contributed by atoms with Crippen molar-refractivity contribution in [2.75, 3.05) is 32.7 Å². The molecule has 2 saturated heterocycles. The molecule has 0 aromatic heterocycles. The minimum Gasteiger partial charge on any atom is -0.314 e. The van der Waals surface area contributed by atoms with Crippen LogP contribution in [-0.2, 0) is 0 Å². The average molecular weight is 297 g/mol. The summed E-state index contributed by atoms with van der Waals surface area (Å²) in [6.07, 6.45) is 5.03. The number of piperidine rings is 1. The lowest BCUT2D eigenvalue weighted by Crippen LogP contribution is -2.69. The summed E-state index contributed by atoms with van der Waals surface area (Å²) in [5.41, 5.74) is 4.16. The molecule has 124 valence electrons. The Kier molecular flexibility index (Phi) is 5.69. The van der Waals surface area contributed by atoms with Crippen molar-refractivity contribution >= 4 is 0 Å². The van der Waals surface area contributed by atoms with E-state index in [9.17, 15) is 0 Å². The first-order valence-electron chi connectivity index (χ1n) is 8.85. The molecule has 2 rings (SSSR count). The van der Waals surface area contributed by atoms with Gasteiger partial charge in [-0.25, -0.2) is 5.01 Å². The van der Waals surface area contributed by atoms with Gasteiger partial charge in [0.2, 0.25) is 0 Å². The molecule has 2 fully saturated rings. The normalized spacial score (nSPS) is 27.9. The lowest BCUT2D eigenvalue weighted by atomic mass is 9.77. The number of hydrazine groups is 1. The van der Waals surface area contributed by atoms with Crippen molar-refractivity contribution in [1.29, 1.82) is 0 Å². The van der Waals surface area contributed by atoms with Crippen LogP contribution < -0.4 is 10.7 Å². The van der Waals surface area contributed by atoms with E-state index < -0.39 is 0 Å². The topological polar surface area (TPSA) is 30.5 Å². The molecule has 2 heterocycles. The largest absolute Gasteiger partial charge is 0.314 e. The highest BCUT2D eigenvalue weighted by molar-refractivity contribution is 5.01. The quantitative estimate of drug-likeness (QED) is 0.762. The summed E-state index contributed by atoms with van der Waals surface area (Å²) in [5.74, 6) is 0. The van der Waals surface area contributed by atoms with Crippen molar-refractivity contribution in [1.82, 2.24) is 20.7 Å². The molecular weight excluding hydrogens is 260 g/mol. The molecule has 2 aliphatic heterocycles. The van der Waals surface area contributed by atoms with Crippen molar-refractivity contribution < 1.29 is 0 Å². The number of rotatable bonds is 5. The number of unbranched alkanes of at least 4 members (excludes halogenated alkanes) is 1. The Morgan fingerprint density at radius 1 is 1.05 bits per heavy atom. The fraction of sp³-hybridized carbons (Fsp3) is 1.00. The predicted molar refractivity (Wildman–Crippen MR) is 90.4 cm³/mol. The highest BCUT2D eigenvalue weighted by Gasteiger charge is 2.46. The number of hydrogen-bond acceptors (Lipinski definition) is 4. The summed E-state index contributed by atoms with van der Waals surface area (Å²) in [6.45, 7) is 17.7. The molecule has 21 heavy (non-hydrogen) atoms. The molecular formula is C17H36N4. The van der Waals surface area contributed by atoms with Gasteiger partial charge in [0, 0.05) is 49.8 Å². The fourth-order valence-corrected chi connectivity index (χ4v) is 4.33. The third kappa shape index (κ3) is 4.19. The van der Waals surface area contributed by atoms with Gasteiger partial charge in [-0.3, -0.25) is 10.3 Å². The molecule has 0 saturated carbocycles. The maximum absolute atomic E-state index is 3.73. The van der Waals surface area contributed by atoms with Gasteiger partial charge in [-0.05, 0) is 47.0 Å². The van der Waals surface area contributed by atoms with E-state index in [2.05, 4.69) is 55.3 Å². The summed E-state index contributed by atoms with van der Waals surface area (Å²) in [4.78, 5) is 2.71. The van der Waals surface area contributed by atoms with E-state index in [1.807, 2.05) is 0 Å². The van der Waals surface area contributed by atoms with Crippen LogP contribution in [-0.4, -0.2) is 59.8 Å². The van der Waals surface area contributed by atoms with E-state index in [1.54, 1.807) is 0 Å². The van der Waals surface area contributed by atoms with Gasteiger partial charge in [-0.15, -0.1) is 0 Å². The minimum atomic E-state index is 0.213. The maximum Gasteiger partial charge on any atom is 0.0318 e. The Morgan fingerprint density at radius 3 is 2.14 bits per heavy atom. The standard InChI is InChI=1S/C17H36N4/c1-6-7-8-19-21-16(2,3)13-15(14-17(21,4)5)20-11-9-18-10-12-20/h15,18-19H,6-14H2,1-5H3. The zero-order valence-corrected chi connectivity index (χ0v) is 14.8. The van der Waals surface area contributed by atoms with Gasteiger partial charge in [-0.1, -0.05) is 13.3 Å². The Balaban J connectivity index is 2.03. The highest BCUT2D eigenvalue weighted by Crippen LogP contribution is 2.38. The number of hydrogen-bond donors (Lipinski definition) is 2. The van der Waals surface area contributed by atoms with E-state index in [1.165, 1.54) is 38.8 Å². The zero-order valence-electron chi connectivity index (χ0n) is 14.8. The first-order chi connectivity index (χ1) is 9.87. The summed E-state index contributed by atoms with van der Waals surface area (Å²) in [7, 11) is 0. The van der Waals surface area contributed by atoms with Crippen molar-refractivity contribution in [3.05, 3.63) is 0 Å². The van der Waals surface area contributed by atoms with E-state index in [0.29, 0.717) is 0 Å². The molecule has 0 radical (unpaired) electrons. The molecule has 0 amide bonds. The van der Waals surface area contributed by atoms with Crippen LogP contribution in [0.3, 0.4) is 0 Å². The summed E-state index contributed by atoms with van der Waals surface area (Å²) >= 11 is 0. The Morgan fingerprint density at radius 2 is 1.62 bits per heavy atom. The molecule has 4 nitrogen and oxygen atoms in total. The van der Waals surface area contributed by atoms with Gasteiger partial charge in [-0.2, -0.15) is 0 Å². The SMILES string of the molecule is CCCCNN1C(C)(C)CC(N2CCNCC2)CC1(C)C. The molecule has 0 aromatic rings. The number of nitrogens with one attached hydrogen (secondary N) is 2. The second kappa shape index (κ2) is 6.95. The molecule has 2 aliphatic rings. The summed E-state index contributed by atoms with van der Waals surface area (Å²) in [6, 6.07) is 0.723. The van der Waals surface area contributed by atoms with Gasteiger partial charge >= 0.3 is 0 Å². The molecule has 0 bridgehead atoms. The number of nitrogens with zero attached hydrogens (tertiary/aromatic N) is 2. The molecule has 0 unspecified atom stereocenters. The minimum absolute atomic E-state index is 0.213. The lowest BCUT2D eigenvalue weighted by molar-refractivity contribution is -0.101. The monoisotopic (exact) mass is 296 g/mol. The Hall–Kier alpha value is -0.160. The van der Waals surface area contributed by atoms with Crippen molar-refractivity contribution in [2.24, 2.45) is 0 Å². The molecule has 0 aliphatic carbocycles. The first kappa shape index (κ1) is 17.2. The molecule has 2 N–H and O–H groups in total. The van der Waals surface area contributed by atoms with Crippen LogP contribution >= 0.6 is 0 Å². The van der Waals surface area contributed by atoms with Crippen LogP contribution in [0.5, 0.6) is 0 Å². The van der Waals surface area contributed by atoms with Crippen LogP contribution in [0, 0.1) is 0 Å². The van der Waals surface area contributed by atoms with Gasteiger partial charge in [0.05, 0.1) is 0 Å². The van der Waals surface area contributed by atoms with Crippen LogP contribution in [0.2, 0.25) is 0 Å². The van der Waals surface area contributed by atoms with E-state index >= 15 is 0 Å². The smallest absolute Gasteiger partial charge is 0.0318 e. The van der Waals surface area contributed by atoms with E-state index in [0.717, 1.165) is 25.7 Å². The van der Waals surface area contributed by atoms with Gasteiger partial charge in [0.25, 0.3) is 0 Å². The maximum atomic E-state index is 3.73. The van der Waals surface area contributed by atoms with Crippen molar-refractivity contribution in [3.63, 3.8) is 0 Å². The van der Waals surface area contributed by atoms with E-state index in [-0.39, 0.29) is 11.1 Å². The first-order valence-corrected chi connectivity index (χ1v) is 8.85. The third-order valence-electron chi connectivity index (χ3n) is 5.15. The second-order valence-corrected chi connectivity index (χ2v) is 8.07. The zero-order chi connectivity index (χ0) is 15.5. The highest BCUT2D eigenvalue weighted by atomic mass is 15.6. The number of piperazine rings is 1. The van der Waals surface area contributed by atoms with Crippen LogP contribution in [0.1, 0.15) is 60.3 Å². The fourth-order valence-electron chi connectivity index (χ4n) is 4.33.